The van der Waals surface area contributed by atoms with Gasteiger partial charge < -0.3 is 5.11 Å². The Kier molecular flexibility index (Phi) is 6.34. The molecule has 1 aromatic rings. The Bertz CT molecular complexity index is 189. The van der Waals surface area contributed by atoms with Crippen LogP contribution in [0.2, 0.25) is 0 Å². The van der Waals surface area contributed by atoms with Crippen molar-refractivity contribution in [3.63, 3.8) is 0 Å². The Labute approximate surface area is 68.0 Å². The zero-order valence-corrected chi connectivity index (χ0v) is 6.99. The lowest BCUT2D eigenvalue weighted by atomic mass is 10.2. The summed E-state index contributed by atoms with van der Waals surface area (Å²) in [6.45, 7) is 2.02. The number of benzene rings is 1. The van der Waals surface area contributed by atoms with Crippen molar-refractivity contribution in [3.8, 4) is 0 Å². The summed E-state index contributed by atoms with van der Waals surface area (Å²) in [7, 11) is 1.00. The summed E-state index contributed by atoms with van der Waals surface area (Å²) in [6, 6.07) is 10.3. The fraction of sp³-hybridized carbons (Fsp3) is 0.200. The van der Waals surface area contributed by atoms with Crippen LogP contribution in [0.5, 0.6) is 0 Å². The van der Waals surface area contributed by atoms with Crippen LogP contribution in [0.1, 0.15) is 12.5 Å². The predicted molar refractivity (Wildman–Crippen MR) is 49.3 cm³/mol. The van der Waals surface area contributed by atoms with Gasteiger partial charge in [-0.2, -0.15) is 0 Å². The Morgan fingerprint density at radius 2 is 1.64 bits per heavy atom. The van der Waals surface area contributed by atoms with Crippen LogP contribution in [0.15, 0.2) is 36.4 Å². The van der Waals surface area contributed by atoms with Gasteiger partial charge in [-0.1, -0.05) is 42.5 Å². The van der Waals surface area contributed by atoms with Crippen LogP contribution in [-0.4, -0.2) is 12.2 Å². The minimum Gasteiger partial charge on any atom is -0.400 e. The molecule has 0 bridgehead atoms. The summed E-state index contributed by atoms with van der Waals surface area (Å²) in [4.78, 5) is 0. The van der Waals surface area contributed by atoms with E-state index in [1.54, 1.807) is 0 Å². The van der Waals surface area contributed by atoms with Gasteiger partial charge in [-0.15, -0.1) is 0 Å². The van der Waals surface area contributed by atoms with Gasteiger partial charge in [0.15, 0.2) is 0 Å². The minimum atomic E-state index is 1.00. The second-order valence-corrected chi connectivity index (χ2v) is 1.91. The molecule has 1 rings (SSSR count). The highest BCUT2D eigenvalue weighted by molar-refractivity contribution is 5.47. The lowest BCUT2D eigenvalue weighted by Gasteiger charge is -1.86. The van der Waals surface area contributed by atoms with Crippen LogP contribution >= 0.6 is 0 Å². The van der Waals surface area contributed by atoms with Crippen LogP contribution < -0.4 is 0 Å². The van der Waals surface area contributed by atoms with Crippen molar-refractivity contribution in [1.29, 1.82) is 0 Å². The fourth-order valence-electron chi connectivity index (χ4n) is 0.757. The summed E-state index contributed by atoms with van der Waals surface area (Å²) in [5.74, 6) is 0. The van der Waals surface area contributed by atoms with Gasteiger partial charge in [0.1, 0.15) is 0 Å². The SMILES string of the molecule is CC=Cc1ccccc1.CO. The molecule has 0 atom stereocenters. The van der Waals surface area contributed by atoms with Crippen molar-refractivity contribution >= 4 is 6.08 Å². The summed E-state index contributed by atoms with van der Waals surface area (Å²) < 4.78 is 0. The molecule has 1 N–H and O–H groups in total. The van der Waals surface area contributed by atoms with Gasteiger partial charge in [-0.25, -0.2) is 0 Å². The molecule has 0 amide bonds. The van der Waals surface area contributed by atoms with Crippen molar-refractivity contribution in [3.05, 3.63) is 42.0 Å². The molecule has 0 spiro atoms. The molecule has 0 aliphatic rings. The van der Waals surface area contributed by atoms with Crippen molar-refractivity contribution < 1.29 is 5.11 Å². The zero-order valence-electron chi connectivity index (χ0n) is 6.99. The molecule has 1 heteroatoms. The normalized spacial score (nSPS) is 9.00. The van der Waals surface area contributed by atoms with E-state index in [1.807, 2.05) is 31.2 Å². The van der Waals surface area contributed by atoms with E-state index in [-0.39, 0.29) is 0 Å². The molecule has 0 radical (unpaired) electrons. The third-order valence-electron chi connectivity index (χ3n) is 1.16. The molecule has 0 unspecified atom stereocenters. The van der Waals surface area contributed by atoms with Gasteiger partial charge in [-0.05, 0) is 12.5 Å². The molecule has 0 aliphatic heterocycles. The highest BCUT2D eigenvalue weighted by Gasteiger charge is 1.77. The van der Waals surface area contributed by atoms with Crippen LogP contribution in [0, 0.1) is 0 Å². The molecule has 0 saturated carbocycles. The van der Waals surface area contributed by atoms with E-state index in [2.05, 4.69) is 18.2 Å². The molecule has 0 aliphatic carbocycles. The summed E-state index contributed by atoms with van der Waals surface area (Å²) in [6.07, 6.45) is 4.12. The summed E-state index contributed by atoms with van der Waals surface area (Å²) in [5.41, 5.74) is 1.26. The third kappa shape index (κ3) is 4.34. The average Bonchev–Trinajstić information content (AvgIpc) is 2.11. The Morgan fingerprint density at radius 1 is 1.09 bits per heavy atom. The van der Waals surface area contributed by atoms with Crippen LogP contribution in [-0.2, 0) is 0 Å². The molecule has 1 aromatic carbocycles. The monoisotopic (exact) mass is 150 g/mol. The van der Waals surface area contributed by atoms with Crippen LogP contribution in [0.4, 0.5) is 0 Å². The number of aliphatic hydroxyl groups is 1. The second kappa shape index (κ2) is 7.03. The smallest absolute Gasteiger partial charge is 0.0319 e. The van der Waals surface area contributed by atoms with E-state index >= 15 is 0 Å². The van der Waals surface area contributed by atoms with Crippen molar-refractivity contribution in [2.24, 2.45) is 0 Å². The van der Waals surface area contributed by atoms with Gasteiger partial charge >= 0.3 is 0 Å². The standard InChI is InChI=1S/C9H10.CH4O/c1-2-6-9-7-4-3-5-8-9;1-2/h2-8H,1H3;2H,1H3. The molecule has 11 heavy (non-hydrogen) atoms. The number of aliphatic hydroxyl groups excluding tert-OH is 1. The number of allylic oxidation sites excluding steroid dienone is 1. The van der Waals surface area contributed by atoms with E-state index in [0.717, 1.165) is 7.11 Å². The maximum absolute atomic E-state index is 7.00. The summed E-state index contributed by atoms with van der Waals surface area (Å²) in [5, 5.41) is 7.00. The second-order valence-electron chi connectivity index (χ2n) is 1.91. The Morgan fingerprint density at radius 3 is 2.09 bits per heavy atom. The number of rotatable bonds is 1. The van der Waals surface area contributed by atoms with Gasteiger partial charge in [0.25, 0.3) is 0 Å². The van der Waals surface area contributed by atoms with E-state index in [4.69, 9.17) is 5.11 Å². The Hall–Kier alpha value is -1.08. The Balaban J connectivity index is 0.000000461. The first-order chi connectivity index (χ1) is 5.43. The molecule has 0 saturated heterocycles. The quantitative estimate of drug-likeness (QED) is 0.651. The molecule has 60 valence electrons. The maximum Gasteiger partial charge on any atom is 0.0319 e. The highest BCUT2D eigenvalue weighted by Crippen LogP contribution is 1.99. The highest BCUT2D eigenvalue weighted by atomic mass is 16.2. The fourth-order valence-corrected chi connectivity index (χ4v) is 0.757. The molecule has 0 fully saturated rings. The van der Waals surface area contributed by atoms with Gasteiger partial charge in [0.05, 0.1) is 0 Å². The largest absolute Gasteiger partial charge is 0.400 e. The lowest BCUT2D eigenvalue weighted by Crippen LogP contribution is -1.65. The van der Waals surface area contributed by atoms with Gasteiger partial charge in [0.2, 0.25) is 0 Å². The lowest BCUT2D eigenvalue weighted by molar-refractivity contribution is 0.399. The van der Waals surface area contributed by atoms with Crippen molar-refractivity contribution in [2.75, 3.05) is 7.11 Å². The molecule has 0 aromatic heterocycles. The molecular formula is C10H14O. The number of hydrogen-bond donors (Lipinski definition) is 1. The van der Waals surface area contributed by atoms with Crippen LogP contribution in [0.25, 0.3) is 6.08 Å². The zero-order chi connectivity index (χ0) is 8.53. The van der Waals surface area contributed by atoms with E-state index in [0.29, 0.717) is 0 Å². The third-order valence-corrected chi connectivity index (χ3v) is 1.16. The molecule has 1 nitrogen and oxygen atoms in total. The van der Waals surface area contributed by atoms with Gasteiger partial charge in [0, 0.05) is 7.11 Å². The summed E-state index contributed by atoms with van der Waals surface area (Å²) >= 11 is 0. The van der Waals surface area contributed by atoms with Crippen LogP contribution in [0.3, 0.4) is 0 Å². The van der Waals surface area contributed by atoms with Crippen molar-refractivity contribution in [1.82, 2.24) is 0 Å². The van der Waals surface area contributed by atoms with E-state index in [9.17, 15) is 0 Å². The van der Waals surface area contributed by atoms with E-state index < -0.39 is 0 Å². The average molecular weight is 150 g/mol. The van der Waals surface area contributed by atoms with Gasteiger partial charge in [-0.3, -0.25) is 0 Å². The maximum atomic E-state index is 7.00. The molecule has 0 heterocycles. The minimum absolute atomic E-state index is 1.00. The number of hydrogen-bond acceptors (Lipinski definition) is 1. The van der Waals surface area contributed by atoms with E-state index in [1.165, 1.54) is 5.56 Å². The first-order valence-corrected chi connectivity index (χ1v) is 3.56. The first-order valence-electron chi connectivity index (χ1n) is 3.56. The topological polar surface area (TPSA) is 20.2 Å². The first kappa shape index (κ1) is 9.92. The molecular weight excluding hydrogens is 136 g/mol. The predicted octanol–water partition coefficient (Wildman–Crippen LogP) is 2.33. The van der Waals surface area contributed by atoms with Crippen molar-refractivity contribution in [2.45, 2.75) is 6.92 Å².